The summed E-state index contributed by atoms with van der Waals surface area (Å²) in [6.07, 6.45) is 48.0. The summed E-state index contributed by atoms with van der Waals surface area (Å²) >= 11 is 0. The van der Waals surface area contributed by atoms with Crippen LogP contribution < -0.4 is 4.90 Å². The maximum atomic E-state index is 4.29. The Bertz CT molecular complexity index is 6100. The molecular weight excluding hydrogens is 1720 g/mol. The zero-order valence-electron chi connectivity index (χ0n) is 94.1. The van der Waals surface area contributed by atoms with Gasteiger partial charge in [-0.05, 0) is 342 Å². The lowest BCUT2D eigenvalue weighted by Crippen LogP contribution is -2.43. The number of benzene rings is 11. The fourth-order valence-corrected chi connectivity index (χ4v) is 27.2. The predicted molar refractivity (Wildman–Crippen MR) is 625 cm³/mol. The molecule has 4 aliphatic rings. The van der Waals surface area contributed by atoms with Gasteiger partial charge < -0.3 is 4.90 Å². The van der Waals surface area contributed by atoms with Gasteiger partial charge in [-0.25, -0.2) is 0 Å². The van der Waals surface area contributed by atoms with Gasteiger partial charge in [0.2, 0.25) is 0 Å². The highest BCUT2D eigenvalue weighted by atomic mass is 15.1. The molecule has 0 saturated carbocycles. The summed E-state index contributed by atoms with van der Waals surface area (Å²) in [5.74, 6) is 0.510. The van der Waals surface area contributed by atoms with Crippen LogP contribution in [0.4, 0.5) is 17.1 Å². The number of aryl methyl sites for hydroxylation is 4. The molecule has 0 amide bonds. The van der Waals surface area contributed by atoms with E-state index in [1.807, 2.05) is 0 Å². The summed E-state index contributed by atoms with van der Waals surface area (Å²) in [4.78, 5) is 2.49. The van der Waals surface area contributed by atoms with Crippen LogP contribution in [0.3, 0.4) is 0 Å². The van der Waals surface area contributed by atoms with E-state index in [0.717, 1.165) is 96.3 Å². The molecule has 4 unspecified atom stereocenters. The molecule has 0 radical (unpaired) electrons. The Balaban J connectivity index is 0.844. The van der Waals surface area contributed by atoms with Gasteiger partial charge in [0.05, 0.1) is 0 Å². The molecule has 11 aromatic carbocycles. The molecule has 760 valence electrons. The topological polar surface area (TPSA) is 3.24 Å². The van der Waals surface area contributed by atoms with Crippen LogP contribution in [-0.2, 0) is 85.2 Å². The number of anilines is 3. The predicted octanol–water partition coefficient (Wildman–Crippen LogP) is 41.7. The first-order valence-corrected chi connectivity index (χ1v) is 58.0. The Morgan fingerprint density at radius 3 is 1.03 bits per heavy atom. The second-order valence-electron chi connectivity index (χ2n) is 49.4. The van der Waals surface area contributed by atoms with Crippen LogP contribution in [0.5, 0.6) is 0 Å². The van der Waals surface area contributed by atoms with Gasteiger partial charge >= 0.3 is 0 Å². The zero-order valence-corrected chi connectivity index (χ0v) is 94.1. The van der Waals surface area contributed by atoms with Gasteiger partial charge in [0.25, 0.3) is 0 Å². The highest BCUT2D eigenvalue weighted by Crippen LogP contribution is 2.64. The molecule has 0 spiro atoms. The molecule has 0 bridgehead atoms. The molecule has 0 aromatic heterocycles. The Morgan fingerprint density at radius 1 is 0.294 bits per heavy atom. The lowest BCUT2D eigenvalue weighted by molar-refractivity contribution is 0.265. The van der Waals surface area contributed by atoms with E-state index >= 15 is 0 Å². The average Bonchev–Trinajstić information content (AvgIpc) is 1.54. The summed E-state index contributed by atoms with van der Waals surface area (Å²) in [6, 6.07) is 94.3. The van der Waals surface area contributed by atoms with Crippen molar-refractivity contribution in [3.8, 4) is 33.4 Å². The summed E-state index contributed by atoms with van der Waals surface area (Å²) < 4.78 is 0. The van der Waals surface area contributed by atoms with E-state index in [0.29, 0.717) is 5.92 Å². The minimum absolute atomic E-state index is 0.0275. The second-order valence-corrected chi connectivity index (χ2v) is 49.4. The van der Waals surface area contributed by atoms with Crippen molar-refractivity contribution >= 4 is 17.1 Å². The standard InChI is InChI=1S/C142H187N/c1-26-36-41-44-46-53-92-141(93-54-47-45-42-37-27-2)127-97-112(73-85-121(127)123-87-75-114(99-129(123)141)137(23,33-8)134(17,18)109-70-82-119(83-71-109)143(117-78-64-105(65-79-117)102(11)31-6)118-80-68-108(69-81-118)133(15,16)32-7)135(19,20)139(25,35-10)116-77-89-125-124-86-74-113(98-130(124)142(131(125)101-116,110-66-59-103(60-67-110)56-49-43-38-28-3)94-55-48-50-57-104-58-61-106-62-63-107(106)95-104)136(21,22)138(24,34-9)115-76-88-122-120-84-72-111(132(12,13)14)96-126(120)140(128(122)100-115,90-51-39-29-4)91-52-40-30-5/h29-30,58-61,64-89,95-102H,4-5,26-28,31-57,62-63,90-94H2,1-3,6-25H3/t102?,137-,138?,139?,142?/m1/s1. The van der Waals surface area contributed by atoms with Crippen molar-refractivity contribution in [3.63, 3.8) is 0 Å². The molecule has 1 heteroatoms. The van der Waals surface area contributed by atoms with Crippen LogP contribution in [0.1, 0.15) is 488 Å². The van der Waals surface area contributed by atoms with E-state index in [-0.39, 0.29) is 54.1 Å². The Morgan fingerprint density at radius 2 is 0.622 bits per heavy atom. The SMILES string of the molecule is C=CCCCC1(CCCC=C)c2cc(C(C)(C)C)ccc2-c2ccc(C(C)(CC)C(C)(C)c3ccc4c(c3)C(CCCCCc3ccc5c(c3)CC5)(c3ccc(CCCCCC)cc3)c3cc(C(C)(CC)C(C)(C)c5ccc6c(c5)C(CCCCCCCC)(CCCCCCCC)c5cc([C@@](C)(CC)C(C)(C)c7ccc(N(c8ccc(C(C)CC)cc8)c8ccc(C(C)(C)CC)cc8)cc7)ccc5-6)ccc3-4)cc21. The van der Waals surface area contributed by atoms with Crippen LogP contribution in [0.15, 0.2) is 250 Å². The van der Waals surface area contributed by atoms with Crippen molar-refractivity contribution in [3.05, 3.63) is 361 Å². The molecular formula is C142H187N. The Hall–Kier alpha value is -9.30. The first kappa shape index (κ1) is 108. The van der Waals surface area contributed by atoms with E-state index in [4.69, 9.17) is 0 Å². The van der Waals surface area contributed by atoms with E-state index in [1.165, 1.54) is 281 Å². The Labute approximate surface area is 872 Å². The monoisotopic (exact) mass is 1910 g/mol. The molecule has 0 fully saturated rings. The van der Waals surface area contributed by atoms with Crippen LogP contribution in [-0.4, -0.2) is 0 Å². The van der Waals surface area contributed by atoms with Gasteiger partial charge in [-0.15, -0.1) is 13.2 Å². The summed E-state index contributed by atoms with van der Waals surface area (Å²) in [5, 5.41) is 0. The van der Waals surface area contributed by atoms with Crippen LogP contribution in [0, 0.1) is 0 Å². The van der Waals surface area contributed by atoms with Gasteiger partial charge in [0.15, 0.2) is 0 Å². The highest BCUT2D eigenvalue weighted by Gasteiger charge is 2.54. The normalized spacial score (nSPS) is 16.5. The summed E-state index contributed by atoms with van der Waals surface area (Å²) in [6.45, 7) is 65.7. The minimum atomic E-state index is -0.424. The molecule has 11 aromatic rings. The quantitative estimate of drug-likeness (QED) is 0.0271. The first-order chi connectivity index (χ1) is 68.6. The maximum absolute atomic E-state index is 4.29. The first-order valence-electron chi connectivity index (χ1n) is 58.0. The van der Waals surface area contributed by atoms with Gasteiger partial charge in [-0.3, -0.25) is 0 Å². The molecule has 1 nitrogen and oxygen atoms in total. The van der Waals surface area contributed by atoms with Crippen LogP contribution in [0.25, 0.3) is 33.4 Å². The average molecular weight is 1910 g/mol. The molecule has 0 saturated heterocycles. The fraction of sp³-hybridized carbons (Fsp3) is 0.507. The van der Waals surface area contributed by atoms with Gasteiger partial charge in [-0.1, -0.05) is 469 Å². The number of nitrogens with zero attached hydrogens (tertiary/aromatic N) is 1. The van der Waals surface area contributed by atoms with Gasteiger partial charge in [0.1, 0.15) is 0 Å². The number of rotatable bonds is 53. The third-order valence-electron chi connectivity index (χ3n) is 39.6. The molecule has 0 aliphatic heterocycles. The van der Waals surface area contributed by atoms with Crippen molar-refractivity contribution in [2.45, 2.75) is 462 Å². The molecule has 5 atom stereocenters. The number of unbranched alkanes of at least 4 members (excludes halogenated alkanes) is 17. The van der Waals surface area contributed by atoms with E-state index in [9.17, 15) is 0 Å². The maximum Gasteiger partial charge on any atom is 0.0463 e. The third-order valence-corrected chi connectivity index (χ3v) is 39.6. The van der Waals surface area contributed by atoms with Crippen molar-refractivity contribution in [1.82, 2.24) is 0 Å². The molecule has 15 rings (SSSR count). The van der Waals surface area contributed by atoms with Crippen LogP contribution in [0.2, 0.25) is 0 Å². The third kappa shape index (κ3) is 20.7. The van der Waals surface area contributed by atoms with E-state index in [2.05, 4.69) is 414 Å². The van der Waals surface area contributed by atoms with E-state index in [1.54, 1.807) is 22.3 Å². The zero-order chi connectivity index (χ0) is 102. The number of hydrogen-bond acceptors (Lipinski definition) is 1. The smallest absolute Gasteiger partial charge is 0.0463 e. The van der Waals surface area contributed by atoms with Crippen LogP contribution >= 0.6 is 0 Å². The summed E-state index contributed by atoms with van der Waals surface area (Å²) in [5.41, 5.74) is 39.8. The van der Waals surface area contributed by atoms with Crippen molar-refractivity contribution in [1.29, 1.82) is 0 Å². The number of hydrogen-bond donors (Lipinski definition) is 0. The molecule has 143 heavy (non-hydrogen) atoms. The lowest BCUT2D eigenvalue weighted by atomic mass is 9.57. The second kappa shape index (κ2) is 45.2. The minimum Gasteiger partial charge on any atom is -0.311 e. The highest BCUT2D eigenvalue weighted by molar-refractivity contribution is 5.87. The van der Waals surface area contributed by atoms with Gasteiger partial charge in [0, 0.05) is 49.6 Å². The lowest BCUT2D eigenvalue weighted by Gasteiger charge is -2.47. The van der Waals surface area contributed by atoms with Gasteiger partial charge in [-0.2, -0.15) is 0 Å². The Kier molecular flexibility index (Phi) is 34.1. The molecule has 0 heterocycles. The van der Waals surface area contributed by atoms with Crippen molar-refractivity contribution in [2.24, 2.45) is 0 Å². The van der Waals surface area contributed by atoms with Crippen molar-refractivity contribution < 1.29 is 0 Å². The molecule has 4 aliphatic carbocycles. The van der Waals surface area contributed by atoms with E-state index < -0.39 is 5.41 Å². The molecule has 0 N–H and O–H groups in total. The summed E-state index contributed by atoms with van der Waals surface area (Å²) in [7, 11) is 0. The van der Waals surface area contributed by atoms with Crippen molar-refractivity contribution in [2.75, 3.05) is 4.90 Å². The largest absolute Gasteiger partial charge is 0.311 e. The number of allylic oxidation sites excluding steroid dienone is 2. The number of fused-ring (bicyclic) bond motifs is 10. The fourth-order valence-electron chi connectivity index (χ4n) is 27.2.